The van der Waals surface area contributed by atoms with Crippen molar-refractivity contribution in [1.29, 1.82) is 0 Å². The number of aromatic nitrogens is 2. The van der Waals surface area contributed by atoms with Crippen LogP contribution in [0.1, 0.15) is 35.2 Å². The quantitative estimate of drug-likeness (QED) is 0.484. The zero-order valence-corrected chi connectivity index (χ0v) is 18.7. The van der Waals surface area contributed by atoms with E-state index in [4.69, 9.17) is 5.73 Å². The van der Waals surface area contributed by atoms with E-state index < -0.39 is 33.1 Å². The molecule has 1 aliphatic heterocycles. The third-order valence-electron chi connectivity index (χ3n) is 5.51. The number of primary amides is 1. The molecule has 1 radical (unpaired) electrons. The van der Waals surface area contributed by atoms with E-state index in [1.54, 1.807) is 17.5 Å². The highest BCUT2D eigenvalue weighted by Crippen LogP contribution is 2.36. The van der Waals surface area contributed by atoms with Crippen molar-refractivity contribution in [3.63, 3.8) is 0 Å². The van der Waals surface area contributed by atoms with Crippen LogP contribution in [0.2, 0.25) is 0 Å². The predicted molar refractivity (Wildman–Crippen MR) is 121 cm³/mol. The van der Waals surface area contributed by atoms with E-state index >= 15 is 0 Å². The van der Waals surface area contributed by atoms with E-state index in [0.29, 0.717) is 17.3 Å². The highest BCUT2D eigenvalue weighted by atomic mass is 32.2. The summed E-state index contributed by atoms with van der Waals surface area (Å²) in [7, 11) is -4.22. The van der Waals surface area contributed by atoms with Crippen molar-refractivity contribution >= 4 is 38.8 Å². The summed E-state index contributed by atoms with van der Waals surface area (Å²) >= 11 is 1.31. The number of carbonyl (C=O) groups is 1. The van der Waals surface area contributed by atoms with E-state index in [1.807, 2.05) is 0 Å². The van der Waals surface area contributed by atoms with Crippen LogP contribution in [0, 0.1) is 12.0 Å². The summed E-state index contributed by atoms with van der Waals surface area (Å²) in [4.78, 5) is 29.7. The lowest BCUT2D eigenvalue weighted by atomic mass is 10.1. The molecule has 0 atom stereocenters. The number of hydrogen-bond donors (Lipinski definition) is 3. The van der Waals surface area contributed by atoms with Crippen LogP contribution in [-0.4, -0.2) is 35.0 Å². The average molecular weight is 485 g/mol. The number of amidine groups is 1. The van der Waals surface area contributed by atoms with Crippen LogP contribution >= 0.6 is 11.3 Å². The van der Waals surface area contributed by atoms with Gasteiger partial charge in [0.15, 0.2) is 11.6 Å². The molecule has 4 N–H and O–H groups in total. The molecule has 3 aromatic rings. The Labute approximate surface area is 192 Å². The standard InChI is InChI=1S/C21H18N5O5S2/c22-19(28)12-3-1-5-14-16(12)23-20(25-33(14,30)31)15-18(27)17(13-4-2-10-32-13)24-26(21(15)29)9-8-11-6-7-11/h2-5,10-11,27H,6-9H2,(H2,22,28)(H,23,25). The summed E-state index contributed by atoms with van der Waals surface area (Å²) in [6.45, 7) is 0.313. The summed E-state index contributed by atoms with van der Waals surface area (Å²) in [6, 6.07) is 8.44. The normalized spacial score (nSPS) is 16.5. The number of aliphatic imine (C=N–C) groups is 1. The summed E-state index contributed by atoms with van der Waals surface area (Å²) in [5.74, 6) is -1.28. The first-order valence-corrected chi connectivity index (χ1v) is 12.5. The fourth-order valence-corrected chi connectivity index (χ4v) is 5.48. The number of amides is 1. The van der Waals surface area contributed by atoms with Gasteiger partial charge in [-0.15, -0.1) is 11.3 Å². The van der Waals surface area contributed by atoms with Gasteiger partial charge in [-0.25, -0.2) is 18.1 Å². The van der Waals surface area contributed by atoms with Gasteiger partial charge in [0.25, 0.3) is 21.5 Å². The van der Waals surface area contributed by atoms with Crippen LogP contribution in [-0.2, 0) is 16.6 Å². The number of nitrogens with two attached hydrogens (primary N) is 1. The maximum absolute atomic E-state index is 13.3. The minimum Gasteiger partial charge on any atom is -0.505 e. The molecule has 1 amide bonds. The predicted octanol–water partition coefficient (Wildman–Crippen LogP) is 1.75. The molecule has 2 aromatic heterocycles. The average Bonchev–Trinajstić information content (AvgIpc) is 3.43. The van der Waals surface area contributed by atoms with Crippen molar-refractivity contribution in [3.8, 4) is 16.3 Å². The van der Waals surface area contributed by atoms with Crippen molar-refractivity contribution in [3.05, 3.63) is 57.2 Å². The topological polar surface area (TPSA) is 157 Å². The number of sulfonamides is 1. The molecule has 33 heavy (non-hydrogen) atoms. The molecule has 10 nitrogen and oxygen atoms in total. The Morgan fingerprint density at radius 3 is 2.82 bits per heavy atom. The molecule has 2 aliphatic rings. The molecule has 0 bridgehead atoms. The molecule has 1 saturated carbocycles. The zero-order valence-electron chi connectivity index (χ0n) is 17.1. The number of fused-ring (bicyclic) bond motifs is 1. The number of aromatic hydroxyl groups is 1. The van der Waals surface area contributed by atoms with Gasteiger partial charge in [-0.05, 0) is 42.0 Å². The van der Waals surface area contributed by atoms with Gasteiger partial charge in [0.05, 0.1) is 16.1 Å². The summed E-state index contributed by atoms with van der Waals surface area (Å²) in [5.41, 5.74) is 4.10. The van der Waals surface area contributed by atoms with Crippen LogP contribution in [0.5, 0.6) is 5.75 Å². The maximum Gasteiger partial charge on any atom is 0.281 e. The zero-order chi connectivity index (χ0) is 23.3. The summed E-state index contributed by atoms with van der Waals surface area (Å²) in [5, 5.41) is 17.2. The first kappa shape index (κ1) is 21.3. The number of thiophene rings is 1. The molecule has 0 saturated heterocycles. The van der Waals surface area contributed by atoms with Crippen LogP contribution in [0.3, 0.4) is 0 Å². The third-order valence-corrected chi connectivity index (χ3v) is 7.74. The van der Waals surface area contributed by atoms with Gasteiger partial charge in [-0.2, -0.15) is 5.10 Å². The molecule has 1 aromatic carbocycles. The van der Waals surface area contributed by atoms with Gasteiger partial charge in [0, 0.05) is 6.54 Å². The van der Waals surface area contributed by atoms with Crippen molar-refractivity contribution in [2.75, 3.05) is 0 Å². The largest absolute Gasteiger partial charge is 0.505 e. The lowest BCUT2D eigenvalue weighted by Crippen LogP contribution is -2.40. The third kappa shape index (κ3) is 3.80. The SMILES string of the molecule is NC(=O)c1c[c]cc2c1N=C(c1c(O)c(-c3cccs3)nn(CCC3CC3)c1=O)NS2(=O)=O. The Kier molecular flexibility index (Phi) is 5.05. The summed E-state index contributed by atoms with van der Waals surface area (Å²) in [6.07, 6.45) is 2.92. The lowest BCUT2D eigenvalue weighted by molar-refractivity contribution is 0.100. The molecular formula is C21H18N5O5S2. The number of aryl methyl sites for hydroxylation is 1. The van der Waals surface area contributed by atoms with Gasteiger partial charge in [-0.3, -0.25) is 14.3 Å². The summed E-state index contributed by atoms with van der Waals surface area (Å²) < 4.78 is 29.3. The fraction of sp³-hybridized carbons (Fsp3) is 0.238. The van der Waals surface area contributed by atoms with Crippen LogP contribution in [0.25, 0.3) is 10.6 Å². The second kappa shape index (κ2) is 7.81. The highest BCUT2D eigenvalue weighted by molar-refractivity contribution is 7.90. The molecule has 1 fully saturated rings. The Morgan fingerprint density at radius 2 is 2.15 bits per heavy atom. The minimum absolute atomic E-state index is 0.139. The maximum atomic E-state index is 13.3. The van der Waals surface area contributed by atoms with E-state index in [9.17, 15) is 23.1 Å². The van der Waals surface area contributed by atoms with Crippen LogP contribution in [0.15, 0.2) is 44.3 Å². The molecule has 169 valence electrons. The van der Waals surface area contributed by atoms with E-state index in [0.717, 1.165) is 25.3 Å². The Balaban J connectivity index is 1.75. The van der Waals surface area contributed by atoms with Gasteiger partial charge in [0.2, 0.25) is 0 Å². The smallest absolute Gasteiger partial charge is 0.281 e. The number of hydrogen-bond acceptors (Lipinski definition) is 8. The number of rotatable bonds is 6. The van der Waals surface area contributed by atoms with Gasteiger partial charge in [0.1, 0.15) is 16.2 Å². The monoisotopic (exact) mass is 484 g/mol. The fourth-order valence-electron chi connectivity index (χ4n) is 3.62. The minimum atomic E-state index is -4.22. The first-order chi connectivity index (χ1) is 15.8. The second-order valence-corrected chi connectivity index (χ2v) is 10.4. The van der Waals surface area contributed by atoms with E-state index in [1.165, 1.54) is 22.1 Å². The van der Waals surface area contributed by atoms with Gasteiger partial charge < -0.3 is 10.8 Å². The van der Waals surface area contributed by atoms with Crippen molar-refractivity contribution < 1.29 is 18.3 Å². The van der Waals surface area contributed by atoms with Crippen molar-refractivity contribution in [2.24, 2.45) is 16.6 Å². The highest BCUT2D eigenvalue weighted by Gasteiger charge is 2.33. The molecule has 5 rings (SSSR count). The van der Waals surface area contributed by atoms with Gasteiger partial charge >= 0.3 is 0 Å². The molecular weight excluding hydrogens is 466 g/mol. The lowest BCUT2D eigenvalue weighted by Gasteiger charge is -2.20. The van der Waals surface area contributed by atoms with Crippen molar-refractivity contribution in [2.45, 2.75) is 30.7 Å². The first-order valence-electron chi connectivity index (χ1n) is 10.1. The molecule has 0 spiro atoms. The number of benzene rings is 1. The number of nitrogens with zero attached hydrogens (tertiary/aromatic N) is 3. The number of carbonyl (C=O) groups excluding carboxylic acids is 1. The molecule has 3 heterocycles. The van der Waals surface area contributed by atoms with Crippen LogP contribution in [0.4, 0.5) is 5.69 Å². The molecule has 1 aliphatic carbocycles. The van der Waals surface area contributed by atoms with Crippen LogP contribution < -0.4 is 16.0 Å². The second-order valence-electron chi connectivity index (χ2n) is 7.82. The molecule has 0 unspecified atom stereocenters. The number of nitrogens with one attached hydrogen (secondary N) is 1. The van der Waals surface area contributed by atoms with E-state index in [-0.39, 0.29) is 27.4 Å². The molecule has 12 heteroatoms. The van der Waals surface area contributed by atoms with E-state index in [2.05, 4.69) is 20.9 Å². The van der Waals surface area contributed by atoms with Gasteiger partial charge in [-0.1, -0.05) is 18.9 Å². The Bertz CT molecular complexity index is 1470. The Hall–Kier alpha value is -3.51. The Morgan fingerprint density at radius 1 is 1.36 bits per heavy atom. The van der Waals surface area contributed by atoms with Crippen molar-refractivity contribution in [1.82, 2.24) is 14.5 Å².